The summed E-state index contributed by atoms with van der Waals surface area (Å²) in [6.07, 6.45) is 1.79. The maximum atomic E-state index is 13.0. The topological polar surface area (TPSA) is 38.3 Å². The minimum atomic E-state index is 0.0313. The third-order valence-corrected chi connectivity index (χ3v) is 4.36. The Morgan fingerprint density at radius 2 is 1.95 bits per heavy atom. The van der Waals surface area contributed by atoms with Gasteiger partial charge in [0.2, 0.25) is 0 Å². The van der Waals surface area contributed by atoms with Gasteiger partial charge in [-0.2, -0.15) is 0 Å². The highest BCUT2D eigenvalue weighted by Gasteiger charge is 2.28. The zero-order valence-corrected chi connectivity index (χ0v) is 14.0. The van der Waals surface area contributed by atoms with Crippen LogP contribution in [0.25, 0.3) is 0 Å². The summed E-state index contributed by atoms with van der Waals surface area (Å²) in [6.45, 7) is 9.60. The third-order valence-electron chi connectivity index (χ3n) is 3.97. The van der Waals surface area contributed by atoms with Crippen LogP contribution < -0.4 is 10.1 Å². The smallest absolute Gasteiger partial charge is 0.170 e. The summed E-state index contributed by atoms with van der Waals surface area (Å²) in [5.41, 5.74) is 2.44. The van der Waals surface area contributed by atoms with Crippen molar-refractivity contribution in [3.05, 3.63) is 27.8 Å². The molecule has 0 aliphatic carbocycles. The van der Waals surface area contributed by atoms with Gasteiger partial charge in [-0.1, -0.05) is 11.6 Å². The summed E-state index contributed by atoms with van der Waals surface area (Å²) in [6, 6.07) is 1.88. The van der Waals surface area contributed by atoms with Crippen molar-refractivity contribution in [1.82, 2.24) is 5.32 Å². The molecule has 1 aromatic carbocycles. The number of benzene rings is 1. The fourth-order valence-electron chi connectivity index (χ4n) is 2.82. The van der Waals surface area contributed by atoms with E-state index in [9.17, 15) is 4.79 Å². The first-order chi connectivity index (χ1) is 9.91. The predicted molar refractivity (Wildman–Crippen MR) is 86.6 cm³/mol. The first-order valence-corrected chi connectivity index (χ1v) is 8.01. The molecule has 1 saturated heterocycles. The maximum Gasteiger partial charge on any atom is 0.170 e. The number of aryl methyl sites for hydroxylation is 1. The van der Waals surface area contributed by atoms with Gasteiger partial charge >= 0.3 is 0 Å². The first kappa shape index (κ1) is 16.3. The summed E-state index contributed by atoms with van der Waals surface area (Å²) in [5, 5.41) is 3.94. The van der Waals surface area contributed by atoms with Crippen LogP contribution in [0.1, 0.15) is 48.2 Å². The number of halogens is 1. The van der Waals surface area contributed by atoms with Gasteiger partial charge in [-0.3, -0.25) is 4.79 Å². The van der Waals surface area contributed by atoms with Crippen molar-refractivity contribution in [1.29, 1.82) is 0 Å². The lowest BCUT2D eigenvalue weighted by molar-refractivity contribution is 0.0888. The standard InChI is InChI=1S/C17H24ClNO2/c1-10(2)21-17-11(3)9-14(18)12(4)15(17)16(20)13-5-7-19-8-6-13/h9-10,13,19H,5-8H2,1-4H3. The van der Waals surface area contributed by atoms with Crippen LogP contribution in [0.3, 0.4) is 0 Å². The minimum Gasteiger partial charge on any atom is -0.490 e. The molecule has 4 heteroatoms. The molecule has 116 valence electrons. The number of hydrogen-bond acceptors (Lipinski definition) is 3. The van der Waals surface area contributed by atoms with Crippen molar-refractivity contribution >= 4 is 17.4 Å². The van der Waals surface area contributed by atoms with Gasteiger partial charge in [-0.15, -0.1) is 0 Å². The Hall–Kier alpha value is -1.06. The lowest BCUT2D eigenvalue weighted by Gasteiger charge is -2.25. The third kappa shape index (κ3) is 3.58. The molecule has 0 bridgehead atoms. The van der Waals surface area contributed by atoms with E-state index in [0.717, 1.165) is 37.1 Å². The van der Waals surface area contributed by atoms with E-state index in [1.165, 1.54) is 0 Å². The fourth-order valence-corrected chi connectivity index (χ4v) is 3.08. The van der Waals surface area contributed by atoms with Crippen molar-refractivity contribution in [2.75, 3.05) is 13.1 Å². The van der Waals surface area contributed by atoms with Crippen molar-refractivity contribution in [2.45, 2.75) is 46.6 Å². The quantitative estimate of drug-likeness (QED) is 0.857. The molecule has 0 saturated carbocycles. The average molecular weight is 310 g/mol. The van der Waals surface area contributed by atoms with Gasteiger partial charge in [0, 0.05) is 10.9 Å². The second-order valence-electron chi connectivity index (χ2n) is 6.06. The number of Topliss-reactive ketones (excluding diaryl/α,β-unsaturated/α-hetero) is 1. The second-order valence-corrected chi connectivity index (χ2v) is 6.47. The van der Waals surface area contributed by atoms with Crippen LogP contribution >= 0.6 is 11.6 Å². The Labute approximate surface area is 132 Å². The van der Waals surface area contributed by atoms with Gasteiger partial charge in [0.1, 0.15) is 5.75 Å². The Morgan fingerprint density at radius 1 is 1.33 bits per heavy atom. The van der Waals surface area contributed by atoms with E-state index in [1.807, 2.05) is 33.8 Å². The summed E-state index contributed by atoms with van der Waals surface area (Å²) < 4.78 is 5.93. The Morgan fingerprint density at radius 3 is 2.52 bits per heavy atom. The molecular formula is C17H24ClNO2. The molecule has 0 spiro atoms. The van der Waals surface area contributed by atoms with Crippen molar-refractivity contribution in [3.63, 3.8) is 0 Å². The Bertz CT molecular complexity index is 534. The molecule has 0 radical (unpaired) electrons. The van der Waals surface area contributed by atoms with Crippen LogP contribution in [-0.4, -0.2) is 25.0 Å². The van der Waals surface area contributed by atoms with Gasteiger partial charge in [0.05, 0.1) is 11.7 Å². The SMILES string of the molecule is Cc1cc(Cl)c(C)c(C(=O)C2CCNCC2)c1OC(C)C. The number of carbonyl (C=O) groups is 1. The number of ether oxygens (including phenoxy) is 1. The molecule has 1 N–H and O–H groups in total. The number of piperidine rings is 1. The van der Waals surface area contributed by atoms with E-state index in [-0.39, 0.29) is 17.8 Å². The molecule has 0 aromatic heterocycles. The molecule has 0 atom stereocenters. The first-order valence-electron chi connectivity index (χ1n) is 7.63. The summed E-state index contributed by atoms with van der Waals surface area (Å²) in [5.74, 6) is 0.947. The highest BCUT2D eigenvalue weighted by Crippen LogP contribution is 2.35. The van der Waals surface area contributed by atoms with E-state index in [1.54, 1.807) is 0 Å². The Kier molecular flexibility index (Phi) is 5.28. The number of rotatable bonds is 4. The normalized spacial score (nSPS) is 16.3. The van der Waals surface area contributed by atoms with Crippen LogP contribution in [0.15, 0.2) is 6.07 Å². The van der Waals surface area contributed by atoms with Gasteiger partial charge in [0.25, 0.3) is 0 Å². The van der Waals surface area contributed by atoms with Crippen LogP contribution in [0.2, 0.25) is 5.02 Å². The molecule has 1 aliphatic rings. The highest BCUT2D eigenvalue weighted by molar-refractivity contribution is 6.32. The van der Waals surface area contributed by atoms with Crippen molar-refractivity contribution < 1.29 is 9.53 Å². The van der Waals surface area contributed by atoms with Gasteiger partial charge in [-0.05, 0) is 70.8 Å². The molecule has 1 heterocycles. The molecule has 0 amide bonds. The lowest BCUT2D eigenvalue weighted by atomic mass is 9.86. The Balaban J connectivity index is 2.46. The van der Waals surface area contributed by atoms with E-state index in [4.69, 9.17) is 16.3 Å². The monoisotopic (exact) mass is 309 g/mol. The van der Waals surface area contributed by atoms with Crippen LogP contribution in [0, 0.1) is 19.8 Å². The molecule has 21 heavy (non-hydrogen) atoms. The molecule has 2 rings (SSSR count). The number of nitrogens with one attached hydrogen (secondary N) is 1. The lowest BCUT2D eigenvalue weighted by Crippen LogP contribution is -2.32. The number of carbonyl (C=O) groups excluding carboxylic acids is 1. The molecular weight excluding hydrogens is 286 g/mol. The van der Waals surface area contributed by atoms with Gasteiger partial charge in [-0.25, -0.2) is 0 Å². The highest BCUT2D eigenvalue weighted by atomic mass is 35.5. The van der Waals surface area contributed by atoms with Crippen molar-refractivity contribution in [2.24, 2.45) is 5.92 Å². The van der Waals surface area contributed by atoms with Crippen LogP contribution in [0.5, 0.6) is 5.75 Å². The largest absolute Gasteiger partial charge is 0.490 e. The average Bonchev–Trinajstić information content (AvgIpc) is 2.45. The molecule has 1 aromatic rings. The van der Waals surface area contributed by atoms with Gasteiger partial charge in [0.15, 0.2) is 5.78 Å². The maximum absolute atomic E-state index is 13.0. The zero-order valence-electron chi connectivity index (χ0n) is 13.3. The second kappa shape index (κ2) is 6.80. The van der Waals surface area contributed by atoms with E-state index in [0.29, 0.717) is 16.3 Å². The summed E-state index contributed by atoms with van der Waals surface area (Å²) >= 11 is 6.29. The molecule has 1 aliphatic heterocycles. The molecule has 1 fully saturated rings. The summed E-state index contributed by atoms with van der Waals surface area (Å²) in [4.78, 5) is 13.0. The van der Waals surface area contributed by atoms with E-state index >= 15 is 0 Å². The van der Waals surface area contributed by atoms with Crippen molar-refractivity contribution in [3.8, 4) is 5.75 Å². The van der Waals surface area contributed by atoms with E-state index < -0.39 is 0 Å². The fraction of sp³-hybridized carbons (Fsp3) is 0.588. The van der Waals surface area contributed by atoms with Crippen LogP contribution in [-0.2, 0) is 0 Å². The minimum absolute atomic E-state index is 0.0313. The summed E-state index contributed by atoms with van der Waals surface area (Å²) in [7, 11) is 0. The van der Waals surface area contributed by atoms with E-state index in [2.05, 4.69) is 5.32 Å². The number of ketones is 1. The van der Waals surface area contributed by atoms with Crippen LogP contribution in [0.4, 0.5) is 0 Å². The van der Waals surface area contributed by atoms with Gasteiger partial charge < -0.3 is 10.1 Å². The zero-order chi connectivity index (χ0) is 15.6. The predicted octanol–water partition coefficient (Wildman–Crippen LogP) is 3.93. The molecule has 0 unspecified atom stereocenters. The number of hydrogen-bond donors (Lipinski definition) is 1. The molecule has 3 nitrogen and oxygen atoms in total.